The van der Waals surface area contributed by atoms with E-state index in [0.29, 0.717) is 38.5 Å². The Labute approximate surface area is 224 Å². The van der Waals surface area contributed by atoms with E-state index >= 15 is 0 Å². The van der Waals surface area contributed by atoms with Gasteiger partial charge < -0.3 is 19.7 Å². The van der Waals surface area contributed by atoms with Crippen LogP contribution in [0.1, 0.15) is 54.2 Å². The molecule has 1 amide bonds. The number of imidazole rings is 1. The molecule has 8 nitrogen and oxygen atoms in total. The van der Waals surface area contributed by atoms with E-state index in [1.54, 1.807) is 11.7 Å². The Morgan fingerprint density at radius 2 is 1.74 bits per heavy atom. The van der Waals surface area contributed by atoms with E-state index in [4.69, 9.17) is 9.47 Å². The molecule has 0 radical (unpaired) electrons. The molecule has 1 aliphatic carbocycles. The Hall–Kier alpha value is -3.36. The van der Waals surface area contributed by atoms with E-state index in [1.807, 2.05) is 64.1 Å². The fourth-order valence-corrected chi connectivity index (χ4v) is 5.65. The lowest BCUT2D eigenvalue weighted by molar-refractivity contribution is 0.0725. The molecule has 0 spiro atoms. The predicted molar refractivity (Wildman–Crippen MR) is 148 cm³/mol. The number of rotatable bonds is 9. The molecule has 0 unspecified atom stereocenters. The zero-order chi connectivity index (χ0) is 26.3. The van der Waals surface area contributed by atoms with Crippen LogP contribution in [-0.4, -0.2) is 66.4 Å². The molecule has 2 aromatic carbocycles. The van der Waals surface area contributed by atoms with Gasteiger partial charge in [-0.3, -0.25) is 13.9 Å². The second-order valence-electron chi connectivity index (χ2n) is 10.1. The summed E-state index contributed by atoms with van der Waals surface area (Å²) in [5.41, 5.74) is 2.94. The van der Waals surface area contributed by atoms with Crippen LogP contribution >= 0.6 is 0 Å². The van der Waals surface area contributed by atoms with Gasteiger partial charge in [-0.1, -0.05) is 61.7 Å². The SMILES string of the molecule is COCCOc1cccc(Cn2c(C(=O)N3CCNCC3)c(-c3ccccc3)n(C3CCCCC3)c2=O)c1. The van der Waals surface area contributed by atoms with Gasteiger partial charge in [-0.2, -0.15) is 0 Å². The molecule has 8 heteroatoms. The van der Waals surface area contributed by atoms with Crippen molar-refractivity contribution in [2.75, 3.05) is 46.5 Å². The molecule has 2 fully saturated rings. The van der Waals surface area contributed by atoms with Crippen LogP contribution in [0.25, 0.3) is 11.3 Å². The molecule has 1 saturated carbocycles. The minimum Gasteiger partial charge on any atom is -0.491 e. The molecule has 1 aromatic heterocycles. The number of ether oxygens (including phenoxy) is 2. The highest BCUT2D eigenvalue weighted by atomic mass is 16.5. The van der Waals surface area contributed by atoms with Gasteiger partial charge in [0, 0.05) is 44.9 Å². The molecule has 0 bridgehead atoms. The van der Waals surface area contributed by atoms with E-state index in [0.717, 1.165) is 61.3 Å². The highest BCUT2D eigenvalue weighted by Crippen LogP contribution is 2.34. The highest BCUT2D eigenvalue weighted by Gasteiger charge is 2.33. The first-order chi connectivity index (χ1) is 18.7. The zero-order valence-corrected chi connectivity index (χ0v) is 22.2. The molecule has 202 valence electrons. The Morgan fingerprint density at radius 3 is 2.47 bits per heavy atom. The maximum absolute atomic E-state index is 14.3. The van der Waals surface area contributed by atoms with Crippen LogP contribution in [0.3, 0.4) is 0 Å². The Bertz CT molecular complexity index is 1270. The monoisotopic (exact) mass is 518 g/mol. The van der Waals surface area contributed by atoms with Gasteiger partial charge in [0.25, 0.3) is 5.91 Å². The summed E-state index contributed by atoms with van der Waals surface area (Å²) in [4.78, 5) is 30.3. The first kappa shape index (κ1) is 26.3. The molecule has 2 heterocycles. The average Bonchev–Trinajstić information content (AvgIpc) is 3.26. The number of benzene rings is 2. The standard InChI is InChI=1S/C30H38N4O4/c1-37-19-20-38-26-14-8-9-23(21-26)22-33-28(29(35)32-17-15-31-16-18-32)27(24-10-4-2-5-11-24)34(30(33)36)25-12-6-3-7-13-25/h2,4-5,8-11,14,21,25,31H,3,6-7,12-13,15-20,22H2,1H3. The maximum Gasteiger partial charge on any atom is 0.329 e. The van der Waals surface area contributed by atoms with Crippen molar-refractivity contribution in [2.45, 2.75) is 44.7 Å². The van der Waals surface area contributed by atoms with Crippen molar-refractivity contribution in [3.05, 3.63) is 76.3 Å². The molecular weight excluding hydrogens is 480 g/mol. The number of amides is 1. The summed E-state index contributed by atoms with van der Waals surface area (Å²) >= 11 is 0. The first-order valence-electron chi connectivity index (χ1n) is 13.8. The third-order valence-electron chi connectivity index (χ3n) is 7.56. The van der Waals surface area contributed by atoms with Crippen LogP contribution in [-0.2, 0) is 11.3 Å². The lowest BCUT2D eigenvalue weighted by Crippen LogP contribution is -2.47. The summed E-state index contributed by atoms with van der Waals surface area (Å²) < 4.78 is 14.6. The number of nitrogens with zero attached hydrogens (tertiary/aromatic N) is 3. The summed E-state index contributed by atoms with van der Waals surface area (Å²) in [6, 6.07) is 17.8. The first-order valence-corrected chi connectivity index (χ1v) is 13.8. The largest absolute Gasteiger partial charge is 0.491 e. The molecule has 1 N–H and O–H groups in total. The van der Waals surface area contributed by atoms with Gasteiger partial charge >= 0.3 is 5.69 Å². The van der Waals surface area contributed by atoms with Crippen LogP contribution in [0.15, 0.2) is 59.4 Å². The number of methoxy groups -OCH3 is 1. The highest BCUT2D eigenvalue weighted by molar-refractivity contribution is 5.99. The number of carbonyl (C=O) groups is 1. The van der Waals surface area contributed by atoms with Gasteiger partial charge in [0.1, 0.15) is 18.1 Å². The molecule has 0 atom stereocenters. The minimum absolute atomic E-state index is 0.0792. The second-order valence-corrected chi connectivity index (χ2v) is 10.1. The van der Waals surface area contributed by atoms with Crippen molar-refractivity contribution in [3.8, 4) is 17.0 Å². The Balaban J connectivity index is 1.63. The topological polar surface area (TPSA) is 77.7 Å². The van der Waals surface area contributed by atoms with Crippen molar-refractivity contribution >= 4 is 5.91 Å². The molecule has 3 aromatic rings. The lowest BCUT2D eigenvalue weighted by atomic mass is 9.94. The summed E-state index contributed by atoms with van der Waals surface area (Å²) in [6.45, 7) is 3.99. The van der Waals surface area contributed by atoms with Crippen LogP contribution < -0.4 is 15.7 Å². The summed E-state index contributed by atoms with van der Waals surface area (Å²) in [7, 11) is 1.64. The van der Waals surface area contributed by atoms with Gasteiger partial charge in [-0.25, -0.2) is 4.79 Å². The van der Waals surface area contributed by atoms with E-state index in [1.165, 1.54) is 6.42 Å². The van der Waals surface area contributed by atoms with E-state index in [-0.39, 0.29) is 17.6 Å². The van der Waals surface area contributed by atoms with Crippen molar-refractivity contribution < 1.29 is 14.3 Å². The Kier molecular flexibility index (Phi) is 8.61. The van der Waals surface area contributed by atoms with E-state index < -0.39 is 0 Å². The third kappa shape index (κ3) is 5.71. The van der Waals surface area contributed by atoms with Crippen molar-refractivity contribution in [2.24, 2.45) is 0 Å². The van der Waals surface area contributed by atoms with Crippen LogP contribution in [0.5, 0.6) is 5.75 Å². The molecule has 1 aliphatic heterocycles. The number of piperazine rings is 1. The number of carbonyl (C=O) groups excluding carboxylic acids is 1. The zero-order valence-electron chi connectivity index (χ0n) is 22.2. The van der Waals surface area contributed by atoms with Crippen molar-refractivity contribution in [1.29, 1.82) is 0 Å². The molecule has 1 saturated heterocycles. The average molecular weight is 519 g/mol. The molecule has 38 heavy (non-hydrogen) atoms. The normalized spacial score (nSPS) is 16.5. The predicted octanol–water partition coefficient (Wildman–Crippen LogP) is 3.94. The van der Waals surface area contributed by atoms with Gasteiger partial charge in [0.2, 0.25) is 0 Å². The van der Waals surface area contributed by atoms with Crippen LogP contribution in [0, 0.1) is 0 Å². The van der Waals surface area contributed by atoms with Gasteiger partial charge in [0.15, 0.2) is 0 Å². The van der Waals surface area contributed by atoms with Crippen molar-refractivity contribution in [1.82, 2.24) is 19.4 Å². The lowest BCUT2D eigenvalue weighted by Gasteiger charge is -2.28. The number of hydrogen-bond acceptors (Lipinski definition) is 5. The number of aromatic nitrogens is 2. The summed E-state index contributed by atoms with van der Waals surface area (Å²) in [6.07, 6.45) is 5.29. The fourth-order valence-electron chi connectivity index (χ4n) is 5.65. The third-order valence-corrected chi connectivity index (χ3v) is 7.56. The summed E-state index contributed by atoms with van der Waals surface area (Å²) in [5.74, 6) is 0.641. The quantitative estimate of drug-likeness (QED) is 0.434. The molecule has 2 aliphatic rings. The van der Waals surface area contributed by atoms with E-state index in [2.05, 4.69) is 5.32 Å². The van der Waals surface area contributed by atoms with Crippen molar-refractivity contribution in [3.63, 3.8) is 0 Å². The van der Waals surface area contributed by atoms with Gasteiger partial charge in [-0.15, -0.1) is 0 Å². The molecular formula is C30H38N4O4. The van der Waals surface area contributed by atoms with Crippen LogP contribution in [0.4, 0.5) is 0 Å². The second kappa shape index (κ2) is 12.5. The minimum atomic E-state index is -0.111. The maximum atomic E-state index is 14.3. The van der Waals surface area contributed by atoms with E-state index in [9.17, 15) is 9.59 Å². The fraction of sp³-hybridized carbons (Fsp3) is 0.467. The summed E-state index contributed by atoms with van der Waals surface area (Å²) in [5, 5.41) is 3.33. The smallest absolute Gasteiger partial charge is 0.329 e. The van der Waals surface area contributed by atoms with Gasteiger partial charge in [0.05, 0.1) is 18.8 Å². The molecule has 5 rings (SSSR count). The number of nitrogens with one attached hydrogen (secondary N) is 1. The van der Waals surface area contributed by atoms with Crippen LogP contribution in [0.2, 0.25) is 0 Å². The van der Waals surface area contributed by atoms with Gasteiger partial charge in [-0.05, 0) is 30.5 Å². The Morgan fingerprint density at radius 1 is 0.974 bits per heavy atom. The number of hydrogen-bond donors (Lipinski definition) is 1.